The van der Waals surface area contributed by atoms with Crippen LogP contribution in [0.4, 0.5) is 18.9 Å². The number of anilines is 1. The molecule has 0 atom stereocenters. The first-order valence-corrected chi connectivity index (χ1v) is 7.71. The maximum atomic E-state index is 12.8. The van der Waals surface area contributed by atoms with Crippen molar-refractivity contribution in [3.8, 4) is 11.3 Å². The number of carbonyl (C=O) groups is 1. The van der Waals surface area contributed by atoms with E-state index in [1.54, 1.807) is 12.1 Å². The lowest BCUT2D eigenvalue weighted by molar-refractivity contribution is -0.255. The van der Waals surface area contributed by atoms with Crippen LogP contribution >= 0.6 is 0 Å². The molecule has 0 aliphatic heterocycles. The van der Waals surface area contributed by atoms with Crippen LogP contribution in [0.15, 0.2) is 70.2 Å². The van der Waals surface area contributed by atoms with E-state index in [4.69, 9.17) is 4.42 Å². The molecule has 0 saturated carbocycles. The molecule has 138 valence electrons. The van der Waals surface area contributed by atoms with Crippen molar-refractivity contribution in [2.24, 2.45) is 5.10 Å². The fourth-order valence-corrected chi connectivity index (χ4v) is 2.28. The van der Waals surface area contributed by atoms with Gasteiger partial charge >= 0.3 is 6.18 Å². The Bertz CT molecular complexity index is 976. The normalized spacial score (nSPS) is 11.7. The third-order valence-corrected chi connectivity index (χ3v) is 3.61. The highest BCUT2D eigenvalue weighted by molar-refractivity contribution is 5.86. The molecule has 0 saturated heterocycles. The molecule has 0 bridgehead atoms. The second kappa shape index (κ2) is 7.36. The Labute approximate surface area is 151 Å². The highest BCUT2D eigenvalue weighted by Gasteiger charge is 2.30. The van der Waals surface area contributed by atoms with Crippen LogP contribution in [0, 0.1) is 0 Å². The highest BCUT2D eigenvalue weighted by Crippen LogP contribution is 2.32. The monoisotopic (exact) mass is 373 g/mol. The van der Waals surface area contributed by atoms with Crippen LogP contribution in [0.2, 0.25) is 0 Å². The summed E-state index contributed by atoms with van der Waals surface area (Å²) in [6.07, 6.45) is -3.08. The molecule has 3 aromatic rings. The van der Waals surface area contributed by atoms with Crippen LogP contribution in [0.5, 0.6) is 0 Å². The van der Waals surface area contributed by atoms with Crippen molar-refractivity contribution in [3.63, 3.8) is 0 Å². The maximum absolute atomic E-state index is 12.8. The van der Waals surface area contributed by atoms with Crippen molar-refractivity contribution in [3.05, 3.63) is 77.6 Å². The first-order chi connectivity index (χ1) is 12.8. The second-order valence-corrected chi connectivity index (χ2v) is 5.52. The Morgan fingerprint density at radius 3 is 2.48 bits per heavy atom. The first-order valence-electron chi connectivity index (χ1n) is 7.71. The number of rotatable bonds is 5. The quantitative estimate of drug-likeness (QED) is 0.545. The summed E-state index contributed by atoms with van der Waals surface area (Å²) in [7, 11) is 0. The molecule has 27 heavy (non-hydrogen) atoms. The number of nitrogens with zero attached hydrogens (tertiary/aromatic N) is 1. The number of halogens is 3. The molecule has 0 aliphatic carbocycles. The molecule has 0 fully saturated rings. The average Bonchev–Trinajstić information content (AvgIpc) is 3.10. The molecule has 0 amide bonds. The zero-order chi connectivity index (χ0) is 19.4. The molecule has 2 aromatic carbocycles. The van der Waals surface area contributed by atoms with Crippen LogP contribution in [0.1, 0.15) is 21.7 Å². The number of hydrogen-bond acceptors (Lipinski definition) is 5. The van der Waals surface area contributed by atoms with Gasteiger partial charge in [0.15, 0.2) is 0 Å². The molecule has 5 nitrogen and oxygen atoms in total. The number of nitrogens with one attached hydrogen (secondary N) is 1. The van der Waals surface area contributed by atoms with Crippen LogP contribution in [0.3, 0.4) is 0 Å². The number of furan rings is 1. The van der Waals surface area contributed by atoms with E-state index in [1.807, 2.05) is 0 Å². The molecule has 1 N–H and O–H groups in total. The average molecular weight is 373 g/mol. The van der Waals surface area contributed by atoms with E-state index in [1.165, 1.54) is 42.6 Å². The molecular formula is C19H12F3N2O3-. The minimum absolute atomic E-state index is 0.0429. The number of benzene rings is 2. The number of hydrogen-bond donors (Lipinski definition) is 1. The molecule has 3 rings (SSSR count). The van der Waals surface area contributed by atoms with Crippen molar-refractivity contribution < 1.29 is 27.5 Å². The molecular weight excluding hydrogens is 361 g/mol. The predicted octanol–water partition coefficient (Wildman–Crippen LogP) is 3.77. The van der Waals surface area contributed by atoms with E-state index in [-0.39, 0.29) is 11.3 Å². The maximum Gasteiger partial charge on any atom is 0.416 e. The van der Waals surface area contributed by atoms with Gasteiger partial charge in [0.25, 0.3) is 0 Å². The lowest BCUT2D eigenvalue weighted by Crippen LogP contribution is -2.21. The van der Waals surface area contributed by atoms with Crippen molar-refractivity contribution in [2.75, 3.05) is 5.43 Å². The van der Waals surface area contributed by atoms with Gasteiger partial charge in [0.05, 0.1) is 23.4 Å². The summed E-state index contributed by atoms with van der Waals surface area (Å²) < 4.78 is 43.9. The highest BCUT2D eigenvalue weighted by atomic mass is 19.4. The zero-order valence-electron chi connectivity index (χ0n) is 13.7. The van der Waals surface area contributed by atoms with Gasteiger partial charge in [-0.25, -0.2) is 0 Å². The fraction of sp³-hybridized carbons (Fsp3) is 0.0526. The number of carbonyl (C=O) groups excluding carboxylic acids is 1. The topological polar surface area (TPSA) is 77.7 Å². The van der Waals surface area contributed by atoms with Gasteiger partial charge in [0, 0.05) is 5.56 Å². The Balaban J connectivity index is 1.69. The summed E-state index contributed by atoms with van der Waals surface area (Å²) in [6.45, 7) is 0. The van der Waals surface area contributed by atoms with Crippen LogP contribution in [0.25, 0.3) is 11.3 Å². The standard InChI is InChI=1S/C19H13F3N2O3/c20-19(21,22)14-3-1-2-13(10-14)17-9-8-16(27-17)11-23-24-15-6-4-12(5-7-15)18(25)26/h1-11,24H,(H,25,26)/p-1/b23-11-. The van der Waals surface area contributed by atoms with Crippen LogP contribution in [-0.4, -0.2) is 12.2 Å². The van der Waals surface area contributed by atoms with Gasteiger partial charge in [-0.3, -0.25) is 5.43 Å². The van der Waals surface area contributed by atoms with Gasteiger partial charge in [-0.1, -0.05) is 24.3 Å². The summed E-state index contributed by atoms with van der Waals surface area (Å²) in [5, 5.41) is 14.6. The number of carboxylic acid groups (broad SMARTS) is 1. The molecule has 1 aromatic heterocycles. The third kappa shape index (κ3) is 4.55. The molecule has 0 radical (unpaired) electrons. The van der Waals surface area contributed by atoms with Gasteiger partial charge < -0.3 is 14.3 Å². The van der Waals surface area contributed by atoms with E-state index >= 15 is 0 Å². The van der Waals surface area contributed by atoms with Crippen molar-refractivity contribution in [1.29, 1.82) is 0 Å². The van der Waals surface area contributed by atoms with E-state index in [9.17, 15) is 23.1 Å². The summed E-state index contributed by atoms with van der Waals surface area (Å²) in [5.41, 5.74) is 2.82. The number of alkyl halides is 3. The Hall–Kier alpha value is -3.55. The predicted molar refractivity (Wildman–Crippen MR) is 91.1 cm³/mol. The van der Waals surface area contributed by atoms with Crippen LogP contribution < -0.4 is 10.5 Å². The third-order valence-electron chi connectivity index (χ3n) is 3.61. The lowest BCUT2D eigenvalue weighted by atomic mass is 10.1. The van der Waals surface area contributed by atoms with Gasteiger partial charge in [-0.15, -0.1) is 0 Å². The van der Waals surface area contributed by atoms with E-state index in [0.29, 0.717) is 17.0 Å². The molecule has 8 heteroatoms. The van der Waals surface area contributed by atoms with Gasteiger partial charge in [0.2, 0.25) is 0 Å². The molecule has 0 aliphatic rings. The number of aromatic carboxylic acids is 1. The van der Waals surface area contributed by atoms with Gasteiger partial charge in [-0.05, 0) is 42.0 Å². The Morgan fingerprint density at radius 1 is 1.07 bits per heavy atom. The summed E-state index contributed by atoms with van der Waals surface area (Å²) in [5.74, 6) is -0.662. The van der Waals surface area contributed by atoms with E-state index in [0.717, 1.165) is 12.1 Å². The van der Waals surface area contributed by atoms with Crippen molar-refractivity contribution in [1.82, 2.24) is 0 Å². The van der Waals surface area contributed by atoms with Crippen molar-refractivity contribution in [2.45, 2.75) is 6.18 Å². The van der Waals surface area contributed by atoms with E-state index < -0.39 is 17.7 Å². The summed E-state index contributed by atoms with van der Waals surface area (Å²) in [4.78, 5) is 10.7. The van der Waals surface area contributed by atoms with Gasteiger partial charge in [-0.2, -0.15) is 18.3 Å². The van der Waals surface area contributed by atoms with Gasteiger partial charge in [0.1, 0.15) is 11.5 Å². The fourth-order valence-electron chi connectivity index (χ4n) is 2.28. The molecule has 1 heterocycles. The zero-order valence-corrected chi connectivity index (χ0v) is 13.7. The van der Waals surface area contributed by atoms with Crippen molar-refractivity contribution >= 4 is 17.9 Å². The summed E-state index contributed by atoms with van der Waals surface area (Å²) >= 11 is 0. The lowest BCUT2D eigenvalue weighted by Gasteiger charge is -2.07. The number of carboxylic acids is 1. The number of hydrazone groups is 1. The Morgan fingerprint density at radius 2 is 1.81 bits per heavy atom. The molecule has 0 unspecified atom stereocenters. The minimum atomic E-state index is -4.43. The smallest absolute Gasteiger partial charge is 0.416 e. The minimum Gasteiger partial charge on any atom is -0.545 e. The first kappa shape index (κ1) is 18.2. The second-order valence-electron chi connectivity index (χ2n) is 5.52. The summed E-state index contributed by atoms with van der Waals surface area (Å²) in [6, 6.07) is 13.7. The van der Waals surface area contributed by atoms with Crippen LogP contribution in [-0.2, 0) is 6.18 Å². The Kier molecular flexibility index (Phi) is 4.98. The molecule has 0 spiro atoms. The SMILES string of the molecule is O=C([O-])c1ccc(N/N=C\c2ccc(-c3cccc(C(F)(F)F)c3)o2)cc1. The van der Waals surface area contributed by atoms with E-state index in [2.05, 4.69) is 10.5 Å². The largest absolute Gasteiger partial charge is 0.545 e.